The fourth-order valence-electron chi connectivity index (χ4n) is 4.46. The van der Waals surface area contributed by atoms with E-state index in [1.54, 1.807) is 0 Å². The van der Waals surface area contributed by atoms with E-state index in [2.05, 4.69) is 67.6 Å². The Morgan fingerprint density at radius 3 is 1.79 bits per heavy atom. The number of carbonyl (C=O) groups excluding carboxylic acids is 1. The molecule has 2 aromatic carbocycles. The van der Waals surface area contributed by atoms with Gasteiger partial charge in [0.15, 0.2) is 0 Å². The molecule has 1 aliphatic rings. The van der Waals surface area contributed by atoms with Gasteiger partial charge in [0.05, 0.1) is 6.10 Å². The summed E-state index contributed by atoms with van der Waals surface area (Å²) in [6.07, 6.45) is 10.1. The zero-order valence-corrected chi connectivity index (χ0v) is 21.3. The number of aliphatic hydroxyl groups excluding tert-OH is 2. The predicted molar refractivity (Wildman–Crippen MR) is 138 cm³/mol. The summed E-state index contributed by atoms with van der Waals surface area (Å²) in [5, 5.41) is 18.3. The van der Waals surface area contributed by atoms with Crippen LogP contribution in [-0.4, -0.2) is 33.6 Å². The van der Waals surface area contributed by atoms with Crippen LogP contribution in [0.1, 0.15) is 88.7 Å². The van der Waals surface area contributed by atoms with Gasteiger partial charge in [-0.3, -0.25) is 4.79 Å². The number of rotatable bonds is 10. The van der Waals surface area contributed by atoms with E-state index in [0.29, 0.717) is 12.2 Å². The first-order chi connectivity index (χ1) is 16.5. The number of Topliss-reactive ketones (excluding diaryl/α,β-unsaturated/α-hetero) is 1. The van der Waals surface area contributed by atoms with Gasteiger partial charge in [0.25, 0.3) is 0 Å². The summed E-state index contributed by atoms with van der Waals surface area (Å²) in [6, 6.07) is 21.5. The van der Waals surface area contributed by atoms with Gasteiger partial charge in [-0.25, -0.2) is 4.57 Å². The van der Waals surface area contributed by atoms with Gasteiger partial charge in [-0.15, -0.1) is 0 Å². The standard InChI is InChI=1S/C18H20O.C10H20O2.HO2P/c19-17-11-13-18(14-12-17,15-7-3-1-4-8-15)16-9-5-2-6-10-16;1-2-3-7-10(12)8-5-4-6-9-11;1-3-2/h1-10,17,19H,11-14H2;11H,2-9H2,1H3;(H,1,2). The maximum absolute atomic E-state index is 11.1. The second-order valence-corrected chi connectivity index (χ2v) is 8.97. The highest BCUT2D eigenvalue weighted by Crippen LogP contribution is 2.44. The maximum atomic E-state index is 11.1. The molecule has 3 N–H and O–H groups in total. The summed E-state index contributed by atoms with van der Waals surface area (Å²) in [7, 11) is -0.833. The molecule has 0 unspecified atom stereocenters. The van der Waals surface area contributed by atoms with Crippen molar-refractivity contribution in [2.24, 2.45) is 0 Å². The minimum atomic E-state index is -0.833. The summed E-state index contributed by atoms with van der Waals surface area (Å²) in [6.45, 7) is 2.35. The minimum absolute atomic E-state index is 0.0851. The Hall–Kier alpha value is -1.91. The number of hydrogen-bond acceptors (Lipinski definition) is 4. The van der Waals surface area contributed by atoms with Crippen LogP contribution >= 0.6 is 8.69 Å². The monoisotopic (exact) mass is 488 g/mol. The van der Waals surface area contributed by atoms with Crippen molar-refractivity contribution in [3.8, 4) is 0 Å². The molecule has 188 valence electrons. The molecule has 0 amide bonds. The summed E-state index contributed by atoms with van der Waals surface area (Å²) in [5.74, 6) is 0.384. The maximum Gasteiger partial charge on any atom is 0.324 e. The number of carbonyl (C=O) groups is 1. The predicted octanol–water partition coefficient (Wildman–Crippen LogP) is 6.39. The van der Waals surface area contributed by atoms with Crippen LogP contribution in [0.5, 0.6) is 0 Å². The van der Waals surface area contributed by atoms with E-state index < -0.39 is 8.69 Å². The smallest absolute Gasteiger partial charge is 0.324 e. The van der Waals surface area contributed by atoms with Crippen molar-refractivity contribution in [2.75, 3.05) is 6.61 Å². The molecule has 1 saturated carbocycles. The van der Waals surface area contributed by atoms with Gasteiger partial charge in [0.2, 0.25) is 0 Å². The molecular weight excluding hydrogens is 447 g/mol. The van der Waals surface area contributed by atoms with E-state index in [-0.39, 0.29) is 18.1 Å². The van der Waals surface area contributed by atoms with Crippen molar-refractivity contribution < 1.29 is 24.5 Å². The third-order valence-electron chi connectivity index (χ3n) is 6.38. The molecule has 34 heavy (non-hydrogen) atoms. The fourth-order valence-corrected chi connectivity index (χ4v) is 4.46. The Morgan fingerprint density at radius 2 is 1.35 bits per heavy atom. The van der Waals surface area contributed by atoms with Crippen LogP contribution < -0.4 is 0 Å². The Bertz CT molecular complexity index is 732. The molecule has 3 rings (SSSR count). The summed E-state index contributed by atoms with van der Waals surface area (Å²) in [4.78, 5) is 18.1. The zero-order valence-electron chi connectivity index (χ0n) is 20.4. The first-order valence-corrected chi connectivity index (χ1v) is 13.2. The summed E-state index contributed by atoms with van der Waals surface area (Å²) in [5.41, 5.74) is 2.85. The van der Waals surface area contributed by atoms with Crippen molar-refractivity contribution in [1.82, 2.24) is 0 Å². The molecule has 0 aromatic heterocycles. The highest BCUT2D eigenvalue weighted by Gasteiger charge is 2.37. The highest BCUT2D eigenvalue weighted by molar-refractivity contribution is 7.16. The lowest BCUT2D eigenvalue weighted by Gasteiger charge is -2.40. The average molecular weight is 489 g/mol. The normalized spacial score (nSPS) is 14.9. The van der Waals surface area contributed by atoms with Gasteiger partial charge >= 0.3 is 8.69 Å². The SMILES string of the molecule is CCCCC(=O)CCCCCO.O=PO.OC1CCC(c2ccccc2)(c2ccccc2)CC1. The number of hydrogen-bond donors (Lipinski definition) is 3. The van der Waals surface area contributed by atoms with Crippen LogP contribution in [0.4, 0.5) is 0 Å². The first-order valence-electron chi connectivity index (χ1n) is 12.4. The Labute approximate surface area is 206 Å². The van der Waals surface area contributed by atoms with Gasteiger partial charge < -0.3 is 15.1 Å². The molecular formula is C28H41O5P. The van der Waals surface area contributed by atoms with E-state index >= 15 is 0 Å². The third kappa shape index (κ3) is 11.0. The van der Waals surface area contributed by atoms with Crippen molar-refractivity contribution in [3.05, 3.63) is 71.8 Å². The Kier molecular flexibility index (Phi) is 16.3. The number of unbranched alkanes of at least 4 members (excludes halogenated alkanes) is 3. The molecule has 0 bridgehead atoms. The van der Waals surface area contributed by atoms with Gasteiger partial charge in [-0.2, -0.15) is 0 Å². The van der Waals surface area contributed by atoms with Gasteiger partial charge in [0, 0.05) is 24.9 Å². The fraction of sp³-hybridized carbons (Fsp3) is 0.536. The van der Waals surface area contributed by atoms with E-state index in [4.69, 9.17) is 14.6 Å². The molecule has 0 spiro atoms. The van der Waals surface area contributed by atoms with E-state index in [1.807, 2.05) is 0 Å². The molecule has 0 saturated heterocycles. The Morgan fingerprint density at radius 1 is 0.882 bits per heavy atom. The number of benzene rings is 2. The molecule has 6 heteroatoms. The molecule has 0 atom stereocenters. The average Bonchev–Trinajstić information content (AvgIpc) is 2.88. The number of aliphatic hydroxyl groups is 2. The minimum Gasteiger partial charge on any atom is -0.396 e. The molecule has 2 aromatic rings. The van der Waals surface area contributed by atoms with Gasteiger partial charge in [0.1, 0.15) is 5.78 Å². The van der Waals surface area contributed by atoms with Gasteiger partial charge in [-0.1, -0.05) is 80.4 Å². The second kappa shape index (κ2) is 18.4. The molecule has 1 fully saturated rings. The van der Waals surface area contributed by atoms with Crippen LogP contribution in [0.15, 0.2) is 60.7 Å². The number of ketones is 1. The van der Waals surface area contributed by atoms with E-state index in [9.17, 15) is 9.90 Å². The highest BCUT2D eigenvalue weighted by atomic mass is 31.1. The van der Waals surface area contributed by atoms with Crippen LogP contribution in [0.3, 0.4) is 0 Å². The van der Waals surface area contributed by atoms with Crippen LogP contribution in [0.25, 0.3) is 0 Å². The van der Waals surface area contributed by atoms with Crippen LogP contribution in [0.2, 0.25) is 0 Å². The Balaban J connectivity index is 0.000000334. The summed E-state index contributed by atoms with van der Waals surface area (Å²) >= 11 is 0. The summed E-state index contributed by atoms with van der Waals surface area (Å²) < 4.78 is 8.46. The lowest BCUT2D eigenvalue weighted by molar-refractivity contribution is -0.119. The molecule has 1 aliphatic carbocycles. The second-order valence-electron chi connectivity index (χ2n) is 8.80. The van der Waals surface area contributed by atoms with E-state index in [0.717, 1.165) is 64.2 Å². The van der Waals surface area contributed by atoms with Crippen LogP contribution in [0, 0.1) is 0 Å². The zero-order chi connectivity index (χ0) is 25.1. The quantitative estimate of drug-likeness (QED) is 0.266. The first kappa shape index (κ1) is 30.1. The lowest BCUT2D eigenvalue weighted by atomic mass is 9.65. The third-order valence-corrected chi connectivity index (χ3v) is 6.38. The molecule has 5 nitrogen and oxygen atoms in total. The lowest BCUT2D eigenvalue weighted by Crippen LogP contribution is -2.34. The van der Waals surface area contributed by atoms with Gasteiger partial charge in [-0.05, 0) is 56.1 Å². The van der Waals surface area contributed by atoms with Crippen molar-refractivity contribution in [2.45, 2.75) is 89.1 Å². The largest absolute Gasteiger partial charge is 0.396 e. The molecule has 0 aliphatic heterocycles. The van der Waals surface area contributed by atoms with Crippen molar-refractivity contribution in [1.29, 1.82) is 0 Å². The molecule has 0 radical (unpaired) electrons. The van der Waals surface area contributed by atoms with Crippen molar-refractivity contribution >= 4 is 14.5 Å². The van der Waals surface area contributed by atoms with E-state index in [1.165, 1.54) is 11.1 Å². The molecule has 0 heterocycles. The van der Waals surface area contributed by atoms with Crippen molar-refractivity contribution in [3.63, 3.8) is 0 Å². The topological polar surface area (TPSA) is 94.8 Å². The van der Waals surface area contributed by atoms with Crippen LogP contribution in [-0.2, 0) is 14.8 Å².